The summed E-state index contributed by atoms with van der Waals surface area (Å²) in [6.45, 7) is 6.17. The monoisotopic (exact) mass is 216 g/mol. The van der Waals surface area contributed by atoms with Crippen LogP contribution in [0.15, 0.2) is 0 Å². The van der Waals surface area contributed by atoms with Crippen LogP contribution in [0.3, 0.4) is 0 Å². The SMILES string of the molecule is CCCC(CC(=O)OCC)C(=O)OCC. The normalized spacial score (nSPS) is 11.9. The van der Waals surface area contributed by atoms with E-state index in [1.54, 1.807) is 13.8 Å². The molecule has 0 aromatic rings. The first kappa shape index (κ1) is 13.9. The summed E-state index contributed by atoms with van der Waals surface area (Å²) >= 11 is 0. The van der Waals surface area contributed by atoms with Crippen molar-refractivity contribution in [3.05, 3.63) is 0 Å². The molecule has 0 spiro atoms. The Morgan fingerprint density at radius 1 is 1.07 bits per heavy atom. The van der Waals surface area contributed by atoms with Gasteiger partial charge in [0.2, 0.25) is 0 Å². The summed E-state index contributed by atoms with van der Waals surface area (Å²) in [7, 11) is 0. The van der Waals surface area contributed by atoms with Gasteiger partial charge in [-0.15, -0.1) is 0 Å². The molecule has 15 heavy (non-hydrogen) atoms. The molecule has 1 unspecified atom stereocenters. The van der Waals surface area contributed by atoms with E-state index in [1.807, 2.05) is 6.92 Å². The molecule has 0 bridgehead atoms. The smallest absolute Gasteiger partial charge is 0.309 e. The van der Waals surface area contributed by atoms with E-state index in [4.69, 9.17) is 9.47 Å². The van der Waals surface area contributed by atoms with E-state index in [-0.39, 0.29) is 24.3 Å². The van der Waals surface area contributed by atoms with E-state index in [2.05, 4.69) is 0 Å². The lowest BCUT2D eigenvalue weighted by Gasteiger charge is -2.13. The Morgan fingerprint density at radius 3 is 2.13 bits per heavy atom. The lowest BCUT2D eigenvalue weighted by Crippen LogP contribution is -2.22. The molecule has 0 radical (unpaired) electrons. The van der Waals surface area contributed by atoms with Crippen LogP contribution in [0.2, 0.25) is 0 Å². The second kappa shape index (κ2) is 8.26. The molecule has 0 aromatic carbocycles. The molecule has 4 heteroatoms. The molecule has 0 aliphatic heterocycles. The fraction of sp³-hybridized carbons (Fsp3) is 0.818. The van der Waals surface area contributed by atoms with Gasteiger partial charge in [0.05, 0.1) is 25.6 Å². The van der Waals surface area contributed by atoms with Crippen molar-refractivity contribution in [3.63, 3.8) is 0 Å². The summed E-state index contributed by atoms with van der Waals surface area (Å²) in [6, 6.07) is 0. The van der Waals surface area contributed by atoms with Crippen molar-refractivity contribution in [2.45, 2.75) is 40.0 Å². The number of hydrogen-bond donors (Lipinski definition) is 0. The van der Waals surface area contributed by atoms with Gasteiger partial charge in [-0.1, -0.05) is 13.3 Å². The van der Waals surface area contributed by atoms with Crippen molar-refractivity contribution in [3.8, 4) is 0 Å². The van der Waals surface area contributed by atoms with Crippen LogP contribution in [-0.4, -0.2) is 25.2 Å². The summed E-state index contributed by atoms with van der Waals surface area (Å²) in [6.07, 6.45) is 1.64. The average Bonchev–Trinajstić information content (AvgIpc) is 2.18. The van der Waals surface area contributed by atoms with Gasteiger partial charge in [0.15, 0.2) is 0 Å². The first-order valence-corrected chi connectivity index (χ1v) is 5.47. The third-order valence-corrected chi connectivity index (χ3v) is 1.98. The molecule has 0 fully saturated rings. The van der Waals surface area contributed by atoms with Gasteiger partial charge in [-0.25, -0.2) is 0 Å². The largest absolute Gasteiger partial charge is 0.466 e. The Hall–Kier alpha value is -1.06. The van der Waals surface area contributed by atoms with Crippen LogP contribution >= 0.6 is 0 Å². The van der Waals surface area contributed by atoms with Crippen molar-refractivity contribution in [1.82, 2.24) is 0 Å². The van der Waals surface area contributed by atoms with E-state index in [0.717, 1.165) is 6.42 Å². The highest BCUT2D eigenvalue weighted by molar-refractivity contribution is 5.79. The summed E-state index contributed by atoms with van der Waals surface area (Å²) in [4.78, 5) is 22.6. The number of esters is 2. The van der Waals surface area contributed by atoms with Crippen molar-refractivity contribution in [1.29, 1.82) is 0 Å². The average molecular weight is 216 g/mol. The number of rotatable bonds is 7. The third kappa shape index (κ3) is 6.10. The lowest BCUT2D eigenvalue weighted by molar-refractivity contribution is -0.155. The van der Waals surface area contributed by atoms with Gasteiger partial charge in [-0.3, -0.25) is 9.59 Å². The van der Waals surface area contributed by atoms with Gasteiger partial charge in [-0.2, -0.15) is 0 Å². The van der Waals surface area contributed by atoms with Crippen LogP contribution in [0, 0.1) is 5.92 Å². The molecule has 0 aliphatic carbocycles. The number of carbonyl (C=O) groups is 2. The van der Waals surface area contributed by atoms with E-state index < -0.39 is 0 Å². The van der Waals surface area contributed by atoms with Gasteiger partial charge in [0, 0.05) is 0 Å². The van der Waals surface area contributed by atoms with Crippen LogP contribution in [0.1, 0.15) is 40.0 Å². The standard InChI is InChI=1S/C11H20O4/c1-4-7-9(11(13)15-6-3)8-10(12)14-5-2/h9H,4-8H2,1-3H3. The Bertz CT molecular complexity index is 201. The molecule has 0 saturated heterocycles. The summed E-state index contributed by atoms with van der Waals surface area (Å²) in [5.74, 6) is -0.981. The molecule has 4 nitrogen and oxygen atoms in total. The summed E-state index contributed by atoms with van der Waals surface area (Å²) < 4.78 is 9.69. The second-order valence-corrected chi connectivity index (χ2v) is 3.25. The molecule has 0 aliphatic rings. The van der Waals surface area contributed by atoms with Gasteiger partial charge in [0.1, 0.15) is 0 Å². The fourth-order valence-corrected chi connectivity index (χ4v) is 1.33. The molecule has 0 aromatic heterocycles. The third-order valence-electron chi connectivity index (χ3n) is 1.98. The molecule has 0 N–H and O–H groups in total. The summed E-state index contributed by atoms with van der Waals surface area (Å²) in [5.41, 5.74) is 0. The molecule has 1 atom stereocenters. The van der Waals surface area contributed by atoms with E-state index in [0.29, 0.717) is 19.6 Å². The Kier molecular flexibility index (Phi) is 7.68. The second-order valence-electron chi connectivity index (χ2n) is 3.25. The van der Waals surface area contributed by atoms with Crippen molar-refractivity contribution < 1.29 is 19.1 Å². The highest BCUT2D eigenvalue weighted by atomic mass is 16.5. The van der Waals surface area contributed by atoms with Crippen LogP contribution < -0.4 is 0 Å². The van der Waals surface area contributed by atoms with Crippen LogP contribution in [-0.2, 0) is 19.1 Å². The van der Waals surface area contributed by atoms with Crippen LogP contribution in [0.25, 0.3) is 0 Å². The highest BCUT2D eigenvalue weighted by Gasteiger charge is 2.22. The van der Waals surface area contributed by atoms with E-state index in [9.17, 15) is 9.59 Å². The first-order chi connectivity index (χ1) is 7.15. The summed E-state index contributed by atoms with van der Waals surface area (Å²) in [5, 5.41) is 0. The first-order valence-electron chi connectivity index (χ1n) is 5.47. The quantitative estimate of drug-likeness (QED) is 0.610. The van der Waals surface area contributed by atoms with Crippen LogP contribution in [0.5, 0.6) is 0 Å². The number of ether oxygens (including phenoxy) is 2. The molecular weight excluding hydrogens is 196 g/mol. The Balaban J connectivity index is 4.13. The van der Waals surface area contributed by atoms with Crippen molar-refractivity contribution in [2.24, 2.45) is 5.92 Å². The zero-order valence-electron chi connectivity index (χ0n) is 9.75. The minimum Gasteiger partial charge on any atom is -0.466 e. The minimum atomic E-state index is -0.353. The maximum atomic E-state index is 11.4. The minimum absolute atomic E-state index is 0.126. The fourth-order valence-electron chi connectivity index (χ4n) is 1.33. The molecular formula is C11H20O4. The maximum Gasteiger partial charge on any atom is 0.309 e. The number of hydrogen-bond acceptors (Lipinski definition) is 4. The van der Waals surface area contributed by atoms with Gasteiger partial charge < -0.3 is 9.47 Å². The maximum absolute atomic E-state index is 11.4. The zero-order valence-corrected chi connectivity index (χ0v) is 9.75. The zero-order chi connectivity index (χ0) is 11.7. The Morgan fingerprint density at radius 2 is 1.67 bits per heavy atom. The van der Waals surface area contributed by atoms with E-state index in [1.165, 1.54) is 0 Å². The topological polar surface area (TPSA) is 52.6 Å². The van der Waals surface area contributed by atoms with Crippen LogP contribution in [0.4, 0.5) is 0 Å². The van der Waals surface area contributed by atoms with Gasteiger partial charge >= 0.3 is 11.9 Å². The molecule has 0 amide bonds. The van der Waals surface area contributed by atoms with Gasteiger partial charge in [0.25, 0.3) is 0 Å². The number of carbonyl (C=O) groups excluding carboxylic acids is 2. The molecule has 0 saturated carbocycles. The van der Waals surface area contributed by atoms with Crippen molar-refractivity contribution >= 4 is 11.9 Å². The Labute approximate surface area is 90.9 Å². The van der Waals surface area contributed by atoms with Gasteiger partial charge in [-0.05, 0) is 20.3 Å². The molecule has 0 heterocycles. The van der Waals surface area contributed by atoms with E-state index >= 15 is 0 Å². The molecule has 88 valence electrons. The lowest BCUT2D eigenvalue weighted by atomic mass is 10.0. The predicted octanol–water partition coefficient (Wildman–Crippen LogP) is 1.92. The predicted molar refractivity (Wildman–Crippen MR) is 56.3 cm³/mol. The van der Waals surface area contributed by atoms with Crippen molar-refractivity contribution in [2.75, 3.05) is 13.2 Å². The molecule has 0 rings (SSSR count). The highest BCUT2D eigenvalue weighted by Crippen LogP contribution is 2.14.